The largest absolute Gasteiger partial charge is 0.493 e. The molecule has 0 saturated carbocycles. The molecule has 1 fully saturated rings. The summed E-state index contributed by atoms with van der Waals surface area (Å²) in [5, 5.41) is 4.05. The standard InChI is InChI=1S/C18H22N4O4S/c23-18-2-1-6-19-22(18)12-9-20-7-10-21(11-8-20)27(24,25)16-3-4-17-15(14-16)5-13-26-17/h1-4,6,14H,5,7-13H2. The Morgan fingerprint density at radius 3 is 2.67 bits per heavy atom. The Morgan fingerprint density at radius 2 is 1.89 bits per heavy atom. The van der Waals surface area contributed by atoms with Crippen LogP contribution in [0.1, 0.15) is 5.56 Å². The molecule has 0 amide bonds. The third-order valence-corrected chi connectivity index (χ3v) is 6.94. The quantitative estimate of drug-likeness (QED) is 0.724. The maximum Gasteiger partial charge on any atom is 0.266 e. The maximum absolute atomic E-state index is 12.9. The Kier molecular flexibility index (Phi) is 4.98. The number of aromatic nitrogens is 2. The van der Waals surface area contributed by atoms with E-state index in [-0.39, 0.29) is 5.56 Å². The molecule has 4 rings (SSSR count). The van der Waals surface area contributed by atoms with E-state index in [9.17, 15) is 13.2 Å². The predicted octanol–water partition coefficient (Wildman–Crippen LogP) is 0.185. The summed E-state index contributed by atoms with van der Waals surface area (Å²) in [6.07, 6.45) is 2.34. The highest BCUT2D eigenvalue weighted by atomic mass is 32.2. The van der Waals surface area contributed by atoms with Crippen molar-refractivity contribution in [1.29, 1.82) is 0 Å². The van der Waals surface area contributed by atoms with Crippen LogP contribution in [-0.4, -0.2) is 66.7 Å². The lowest BCUT2D eigenvalue weighted by molar-refractivity contribution is 0.180. The maximum atomic E-state index is 12.9. The lowest BCUT2D eigenvalue weighted by Gasteiger charge is -2.34. The minimum absolute atomic E-state index is 0.126. The Labute approximate surface area is 158 Å². The molecule has 0 spiro atoms. The minimum atomic E-state index is -3.50. The van der Waals surface area contributed by atoms with Gasteiger partial charge in [0.2, 0.25) is 10.0 Å². The van der Waals surface area contributed by atoms with Crippen molar-refractivity contribution in [1.82, 2.24) is 19.0 Å². The highest BCUT2D eigenvalue weighted by Gasteiger charge is 2.29. The van der Waals surface area contributed by atoms with Crippen LogP contribution in [-0.2, 0) is 23.0 Å². The van der Waals surface area contributed by atoms with Gasteiger partial charge in [-0.25, -0.2) is 13.1 Å². The van der Waals surface area contributed by atoms with Gasteiger partial charge in [-0.3, -0.25) is 9.69 Å². The van der Waals surface area contributed by atoms with Gasteiger partial charge >= 0.3 is 0 Å². The Balaban J connectivity index is 1.37. The molecule has 0 aliphatic carbocycles. The third kappa shape index (κ3) is 3.76. The Bertz CT molecular complexity index is 981. The lowest BCUT2D eigenvalue weighted by atomic mass is 10.2. The molecule has 2 aromatic rings. The molecule has 27 heavy (non-hydrogen) atoms. The van der Waals surface area contributed by atoms with Gasteiger partial charge in [-0.15, -0.1) is 0 Å². The van der Waals surface area contributed by atoms with E-state index < -0.39 is 10.0 Å². The van der Waals surface area contributed by atoms with Gasteiger partial charge in [0.1, 0.15) is 5.75 Å². The van der Waals surface area contributed by atoms with E-state index in [1.807, 2.05) is 0 Å². The van der Waals surface area contributed by atoms with Crippen LogP contribution in [0, 0.1) is 0 Å². The van der Waals surface area contributed by atoms with Crippen molar-refractivity contribution in [3.63, 3.8) is 0 Å². The molecule has 0 bridgehead atoms. The van der Waals surface area contributed by atoms with Crippen LogP contribution in [0.2, 0.25) is 0 Å². The molecule has 9 heteroatoms. The van der Waals surface area contributed by atoms with Gasteiger partial charge in [-0.1, -0.05) is 0 Å². The minimum Gasteiger partial charge on any atom is -0.493 e. The van der Waals surface area contributed by atoms with Crippen molar-refractivity contribution in [2.45, 2.75) is 17.9 Å². The van der Waals surface area contributed by atoms with Crippen molar-refractivity contribution in [2.75, 3.05) is 39.3 Å². The number of benzene rings is 1. The molecule has 1 aromatic heterocycles. The molecule has 1 saturated heterocycles. The summed E-state index contributed by atoms with van der Waals surface area (Å²) in [4.78, 5) is 14.2. The highest BCUT2D eigenvalue weighted by molar-refractivity contribution is 7.89. The van der Waals surface area contributed by atoms with Crippen molar-refractivity contribution < 1.29 is 13.2 Å². The number of ether oxygens (including phenoxy) is 1. The van der Waals surface area contributed by atoms with Gasteiger partial charge in [-0.05, 0) is 29.8 Å². The second kappa shape index (κ2) is 7.41. The van der Waals surface area contributed by atoms with E-state index in [4.69, 9.17) is 4.74 Å². The molecule has 0 atom stereocenters. The number of rotatable bonds is 5. The summed E-state index contributed by atoms with van der Waals surface area (Å²) in [6, 6.07) is 8.21. The number of hydrogen-bond acceptors (Lipinski definition) is 6. The van der Waals surface area contributed by atoms with Crippen LogP contribution in [0.15, 0.2) is 46.2 Å². The molecule has 1 aromatic carbocycles. The lowest BCUT2D eigenvalue weighted by Crippen LogP contribution is -2.49. The highest BCUT2D eigenvalue weighted by Crippen LogP contribution is 2.29. The number of piperazine rings is 1. The molecule has 0 unspecified atom stereocenters. The summed E-state index contributed by atoms with van der Waals surface area (Å²) in [7, 11) is -3.50. The molecule has 2 aliphatic heterocycles. The van der Waals surface area contributed by atoms with Crippen LogP contribution < -0.4 is 10.3 Å². The van der Waals surface area contributed by atoms with Gasteiger partial charge in [0, 0.05) is 51.4 Å². The molecule has 8 nitrogen and oxygen atoms in total. The van der Waals surface area contributed by atoms with Gasteiger partial charge in [0.15, 0.2) is 0 Å². The summed E-state index contributed by atoms with van der Waals surface area (Å²) in [6.45, 7) is 3.92. The number of hydrogen-bond donors (Lipinski definition) is 0. The van der Waals surface area contributed by atoms with E-state index in [1.165, 1.54) is 15.1 Å². The number of nitrogens with zero attached hydrogens (tertiary/aromatic N) is 4. The summed E-state index contributed by atoms with van der Waals surface area (Å²) in [5.41, 5.74) is 0.829. The molecule has 144 valence electrons. The van der Waals surface area contributed by atoms with E-state index in [0.29, 0.717) is 50.8 Å². The number of sulfonamides is 1. The van der Waals surface area contributed by atoms with Crippen LogP contribution in [0.5, 0.6) is 5.75 Å². The molecule has 3 heterocycles. The Morgan fingerprint density at radius 1 is 1.07 bits per heavy atom. The zero-order chi connectivity index (χ0) is 18.9. The molecular formula is C18H22N4O4S. The van der Waals surface area contributed by atoms with Crippen LogP contribution in [0.4, 0.5) is 0 Å². The van der Waals surface area contributed by atoms with Crippen molar-refractivity contribution in [3.05, 3.63) is 52.4 Å². The van der Waals surface area contributed by atoms with E-state index in [2.05, 4.69) is 10.00 Å². The molecule has 2 aliphatic rings. The van der Waals surface area contributed by atoms with Crippen LogP contribution in [0.3, 0.4) is 0 Å². The molecular weight excluding hydrogens is 368 g/mol. The van der Waals surface area contributed by atoms with Crippen LogP contribution in [0.25, 0.3) is 0 Å². The van der Waals surface area contributed by atoms with Crippen molar-refractivity contribution in [2.24, 2.45) is 0 Å². The third-order valence-electron chi connectivity index (χ3n) is 5.04. The average Bonchev–Trinajstić information content (AvgIpc) is 3.15. The predicted molar refractivity (Wildman–Crippen MR) is 99.3 cm³/mol. The van der Waals surface area contributed by atoms with Crippen molar-refractivity contribution >= 4 is 10.0 Å². The first-order valence-corrected chi connectivity index (χ1v) is 10.5. The first-order valence-electron chi connectivity index (χ1n) is 9.04. The smallest absolute Gasteiger partial charge is 0.266 e. The van der Waals surface area contributed by atoms with E-state index >= 15 is 0 Å². The SMILES string of the molecule is O=c1cccnn1CCN1CCN(S(=O)(=O)c2ccc3c(c2)CCO3)CC1. The zero-order valence-electron chi connectivity index (χ0n) is 15.0. The summed E-state index contributed by atoms with van der Waals surface area (Å²) >= 11 is 0. The fraction of sp³-hybridized carbons (Fsp3) is 0.444. The normalized spacial score (nSPS) is 18.2. The Hall–Kier alpha value is -2.23. The second-order valence-corrected chi connectivity index (χ2v) is 8.64. The van der Waals surface area contributed by atoms with Crippen molar-refractivity contribution in [3.8, 4) is 5.75 Å². The summed E-state index contributed by atoms with van der Waals surface area (Å²) < 4.78 is 34.3. The van der Waals surface area contributed by atoms with Crippen LogP contribution >= 0.6 is 0 Å². The summed E-state index contributed by atoms with van der Waals surface area (Å²) in [5.74, 6) is 0.781. The fourth-order valence-corrected chi connectivity index (χ4v) is 4.93. The van der Waals surface area contributed by atoms with Gasteiger partial charge in [0.05, 0.1) is 18.0 Å². The first kappa shape index (κ1) is 18.1. The topological polar surface area (TPSA) is 84.7 Å². The first-order chi connectivity index (χ1) is 13.0. The van der Waals surface area contributed by atoms with E-state index in [0.717, 1.165) is 17.7 Å². The average molecular weight is 390 g/mol. The van der Waals surface area contributed by atoms with Gasteiger partial charge in [0.25, 0.3) is 5.56 Å². The number of fused-ring (bicyclic) bond motifs is 1. The van der Waals surface area contributed by atoms with Gasteiger partial charge in [-0.2, -0.15) is 9.40 Å². The van der Waals surface area contributed by atoms with Gasteiger partial charge < -0.3 is 4.74 Å². The van der Waals surface area contributed by atoms with E-state index in [1.54, 1.807) is 30.5 Å². The molecule has 0 N–H and O–H groups in total. The second-order valence-electron chi connectivity index (χ2n) is 6.70. The zero-order valence-corrected chi connectivity index (χ0v) is 15.8. The molecule has 0 radical (unpaired) electrons. The monoisotopic (exact) mass is 390 g/mol. The fourth-order valence-electron chi connectivity index (χ4n) is 3.46.